The van der Waals surface area contributed by atoms with Crippen molar-refractivity contribution < 1.29 is 0 Å². The maximum atomic E-state index is 4.83. The highest BCUT2D eigenvalue weighted by atomic mass is 15.3. The number of benzene rings is 1. The molecule has 1 aromatic heterocycles. The average molecular weight is 308 g/mol. The first-order valence-electron chi connectivity index (χ1n) is 8.62. The van der Waals surface area contributed by atoms with E-state index in [-0.39, 0.29) is 0 Å². The fraction of sp³-hybridized carbons (Fsp3) is 0.474. The lowest BCUT2D eigenvalue weighted by Crippen LogP contribution is -2.47. The van der Waals surface area contributed by atoms with Crippen molar-refractivity contribution in [2.24, 2.45) is 0 Å². The Balaban J connectivity index is 1.48. The van der Waals surface area contributed by atoms with Gasteiger partial charge in [-0.1, -0.05) is 18.2 Å². The number of aryl methyl sites for hydroxylation is 2. The molecule has 1 aliphatic heterocycles. The van der Waals surface area contributed by atoms with Gasteiger partial charge in [-0.3, -0.25) is 0 Å². The third kappa shape index (κ3) is 3.03. The van der Waals surface area contributed by atoms with Gasteiger partial charge >= 0.3 is 0 Å². The first-order chi connectivity index (χ1) is 11.2. The van der Waals surface area contributed by atoms with E-state index >= 15 is 0 Å². The Hall–Kier alpha value is -2.10. The van der Waals surface area contributed by atoms with Gasteiger partial charge in [0.1, 0.15) is 11.6 Å². The molecule has 0 radical (unpaired) electrons. The molecule has 23 heavy (non-hydrogen) atoms. The number of anilines is 2. The van der Waals surface area contributed by atoms with Crippen LogP contribution in [0.2, 0.25) is 0 Å². The number of nitrogens with zero attached hydrogens (tertiary/aromatic N) is 4. The summed E-state index contributed by atoms with van der Waals surface area (Å²) in [7, 11) is 0. The Morgan fingerprint density at radius 2 is 1.61 bits per heavy atom. The van der Waals surface area contributed by atoms with E-state index in [0.717, 1.165) is 43.5 Å². The van der Waals surface area contributed by atoms with E-state index < -0.39 is 0 Å². The zero-order valence-electron chi connectivity index (χ0n) is 14.0. The van der Waals surface area contributed by atoms with Crippen molar-refractivity contribution in [1.82, 2.24) is 9.97 Å². The molecule has 0 atom stereocenters. The Morgan fingerprint density at radius 3 is 2.30 bits per heavy atom. The summed E-state index contributed by atoms with van der Waals surface area (Å²) < 4.78 is 0. The van der Waals surface area contributed by atoms with Gasteiger partial charge in [0.25, 0.3) is 0 Å². The molecule has 2 fully saturated rings. The van der Waals surface area contributed by atoms with Crippen LogP contribution in [-0.4, -0.2) is 36.1 Å². The molecule has 4 rings (SSSR count). The Bertz CT molecular complexity index is 700. The van der Waals surface area contributed by atoms with Crippen LogP contribution in [0.25, 0.3) is 0 Å². The zero-order valence-corrected chi connectivity index (χ0v) is 14.0. The number of piperazine rings is 1. The molecule has 4 heteroatoms. The number of para-hydroxylation sites is 1. The van der Waals surface area contributed by atoms with Gasteiger partial charge in [-0.05, 0) is 38.3 Å². The summed E-state index contributed by atoms with van der Waals surface area (Å²) in [6.07, 6.45) is 2.51. The van der Waals surface area contributed by atoms with E-state index in [1.165, 1.54) is 24.1 Å². The molecule has 2 aliphatic rings. The summed E-state index contributed by atoms with van der Waals surface area (Å²) in [6, 6.07) is 10.8. The normalized spacial score (nSPS) is 18.3. The molecule has 0 N–H and O–H groups in total. The summed E-state index contributed by atoms with van der Waals surface area (Å²) in [5, 5.41) is 0. The number of aromatic nitrogens is 2. The SMILES string of the molecule is Cc1cc(N2CCN(c3ccccc3C)CC2)nc(C2CC2)n1. The van der Waals surface area contributed by atoms with Crippen LogP contribution >= 0.6 is 0 Å². The molecule has 1 saturated carbocycles. The molecule has 2 aromatic rings. The van der Waals surface area contributed by atoms with E-state index in [9.17, 15) is 0 Å². The molecule has 1 saturated heterocycles. The van der Waals surface area contributed by atoms with Crippen LogP contribution in [0.1, 0.15) is 35.8 Å². The molecular weight excluding hydrogens is 284 g/mol. The molecule has 120 valence electrons. The minimum absolute atomic E-state index is 0.613. The Kier molecular flexibility index (Phi) is 3.68. The lowest BCUT2D eigenvalue weighted by molar-refractivity contribution is 0.643. The molecule has 0 spiro atoms. The molecule has 0 bridgehead atoms. The largest absolute Gasteiger partial charge is 0.368 e. The van der Waals surface area contributed by atoms with Crippen LogP contribution in [-0.2, 0) is 0 Å². The van der Waals surface area contributed by atoms with Crippen LogP contribution in [0.15, 0.2) is 30.3 Å². The third-order valence-electron chi connectivity index (χ3n) is 4.86. The lowest BCUT2D eigenvalue weighted by atomic mass is 10.1. The fourth-order valence-electron chi connectivity index (χ4n) is 3.36. The smallest absolute Gasteiger partial charge is 0.134 e. The first kappa shape index (κ1) is 14.5. The van der Waals surface area contributed by atoms with E-state index in [1.54, 1.807) is 0 Å². The van der Waals surface area contributed by atoms with Crippen molar-refractivity contribution >= 4 is 11.5 Å². The highest BCUT2D eigenvalue weighted by molar-refractivity contribution is 5.54. The van der Waals surface area contributed by atoms with Crippen LogP contribution in [0.5, 0.6) is 0 Å². The van der Waals surface area contributed by atoms with Crippen LogP contribution in [0, 0.1) is 13.8 Å². The van der Waals surface area contributed by atoms with Crippen LogP contribution in [0.4, 0.5) is 11.5 Å². The van der Waals surface area contributed by atoms with E-state index in [1.807, 2.05) is 0 Å². The third-order valence-corrected chi connectivity index (χ3v) is 4.86. The Morgan fingerprint density at radius 1 is 0.913 bits per heavy atom. The topological polar surface area (TPSA) is 32.3 Å². The molecular formula is C19H24N4. The fourth-order valence-corrected chi connectivity index (χ4v) is 3.36. The van der Waals surface area contributed by atoms with Gasteiger partial charge in [-0.15, -0.1) is 0 Å². The molecule has 4 nitrogen and oxygen atoms in total. The van der Waals surface area contributed by atoms with Gasteiger partial charge in [0, 0.05) is 49.5 Å². The molecule has 1 aromatic carbocycles. The van der Waals surface area contributed by atoms with Gasteiger partial charge < -0.3 is 9.80 Å². The molecule has 0 amide bonds. The lowest BCUT2D eigenvalue weighted by Gasteiger charge is -2.37. The maximum absolute atomic E-state index is 4.83. The van der Waals surface area contributed by atoms with Crippen molar-refractivity contribution in [2.45, 2.75) is 32.6 Å². The van der Waals surface area contributed by atoms with Crippen molar-refractivity contribution in [3.05, 3.63) is 47.4 Å². The van der Waals surface area contributed by atoms with Crippen molar-refractivity contribution in [1.29, 1.82) is 0 Å². The van der Waals surface area contributed by atoms with E-state index in [0.29, 0.717) is 5.92 Å². The van der Waals surface area contributed by atoms with Crippen LogP contribution < -0.4 is 9.80 Å². The Labute approximate surface area is 138 Å². The van der Waals surface area contributed by atoms with Crippen molar-refractivity contribution in [3.8, 4) is 0 Å². The zero-order chi connectivity index (χ0) is 15.8. The minimum atomic E-state index is 0.613. The summed E-state index contributed by atoms with van der Waals surface area (Å²) >= 11 is 0. The molecule has 0 unspecified atom stereocenters. The first-order valence-corrected chi connectivity index (χ1v) is 8.62. The van der Waals surface area contributed by atoms with Crippen molar-refractivity contribution in [3.63, 3.8) is 0 Å². The quantitative estimate of drug-likeness (QED) is 0.871. The summed E-state index contributed by atoms with van der Waals surface area (Å²) in [4.78, 5) is 14.3. The monoisotopic (exact) mass is 308 g/mol. The van der Waals surface area contributed by atoms with E-state index in [4.69, 9.17) is 4.98 Å². The highest BCUT2D eigenvalue weighted by Crippen LogP contribution is 2.38. The van der Waals surface area contributed by atoms with E-state index in [2.05, 4.69) is 59.0 Å². The second kappa shape index (κ2) is 5.84. The maximum Gasteiger partial charge on any atom is 0.134 e. The second-order valence-electron chi connectivity index (χ2n) is 6.76. The predicted molar refractivity (Wildman–Crippen MR) is 94.3 cm³/mol. The number of rotatable bonds is 3. The molecule has 2 heterocycles. The van der Waals surface area contributed by atoms with Gasteiger partial charge in [0.2, 0.25) is 0 Å². The summed E-state index contributed by atoms with van der Waals surface area (Å²) in [6.45, 7) is 8.42. The minimum Gasteiger partial charge on any atom is -0.368 e. The van der Waals surface area contributed by atoms with Gasteiger partial charge in [0.05, 0.1) is 0 Å². The predicted octanol–water partition coefficient (Wildman–Crippen LogP) is 3.30. The van der Waals surface area contributed by atoms with Gasteiger partial charge in [-0.25, -0.2) is 9.97 Å². The summed E-state index contributed by atoms with van der Waals surface area (Å²) in [5.41, 5.74) is 3.82. The van der Waals surface area contributed by atoms with Gasteiger partial charge in [0.15, 0.2) is 0 Å². The number of hydrogen-bond donors (Lipinski definition) is 0. The summed E-state index contributed by atoms with van der Waals surface area (Å²) in [5.74, 6) is 2.78. The standard InChI is InChI=1S/C19H24N4/c1-14-5-3-4-6-17(14)22-9-11-23(12-10-22)18-13-15(2)20-19(21-18)16-7-8-16/h3-6,13,16H,7-12H2,1-2H3. The van der Waals surface area contributed by atoms with Gasteiger partial charge in [-0.2, -0.15) is 0 Å². The molecule has 1 aliphatic carbocycles. The highest BCUT2D eigenvalue weighted by Gasteiger charge is 2.28. The second-order valence-corrected chi connectivity index (χ2v) is 6.76. The van der Waals surface area contributed by atoms with Crippen molar-refractivity contribution in [2.75, 3.05) is 36.0 Å². The average Bonchev–Trinajstić information content (AvgIpc) is 3.40. The number of hydrogen-bond acceptors (Lipinski definition) is 4. The van der Waals surface area contributed by atoms with Crippen LogP contribution in [0.3, 0.4) is 0 Å².